The number of hydrogen-bond acceptors (Lipinski definition) is 7. The van der Waals surface area contributed by atoms with Gasteiger partial charge in [-0.2, -0.15) is 0 Å². The molecule has 0 unspecified atom stereocenters. The third kappa shape index (κ3) is 8.09. The molecule has 3 heterocycles. The molecule has 1 aliphatic rings. The maximum Gasteiger partial charge on any atom is 0.419 e. The number of anilines is 1. The number of nitrogens with zero attached hydrogens (tertiary/aromatic N) is 3. The molecule has 4 rings (SSSR count). The van der Waals surface area contributed by atoms with Crippen LogP contribution >= 0.6 is 0 Å². The van der Waals surface area contributed by atoms with Gasteiger partial charge in [-0.1, -0.05) is 12.1 Å². The smallest absolute Gasteiger partial charge is 0.419 e. The summed E-state index contributed by atoms with van der Waals surface area (Å²) in [6, 6.07) is 11.1. The van der Waals surface area contributed by atoms with Crippen molar-refractivity contribution < 1.29 is 23.9 Å². The summed E-state index contributed by atoms with van der Waals surface area (Å²) in [5.41, 5.74) is 1.86. The molecule has 10 heteroatoms. The molecule has 0 spiro atoms. The molecule has 2 N–H and O–H groups in total. The van der Waals surface area contributed by atoms with E-state index in [4.69, 9.17) is 9.47 Å². The maximum atomic E-state index is 13.4. The highest BCUT2D eigenvalue weighted by molar-refractivity contribution is 6.04. The van der Waals surface area contributed by atoms with Crippen LogP contribution in [-0.2, 0) is 15.9 Å². The van der Waals surface area contributed by atoms with E-state index in [2.05, 4.69) is 27.6 Å². The minimum atomic E-state index is -0.655. The van der Waals surface area contributed by atoms with Gasteiger partial charge in [-0.05, 0) is 105 Å². The van der Waals surface area contributed by atoms with E-state index < -0.39 is 23.4 Å². The Bertz CT molecular complexity index is 1430. The summed E-state index contributed by atoms with van der Waals surface area (Å²) in [4.78, 5) is 44.9. The van der Waals surface area contributed by atoms with Gasteiger partial charge in [-0.25, -0.2) is 19.1 Å². The van der Waals surface area contributed by atoms with E-state index in [1.54, 1.807) is 29.0 Å². The number of amides is 2. The van der Waals surface area contributed by atoms with Crippen LogP contribution in [-0.4, -0.2) is 63.9 Å². The van der Waals surface area contributed by atoms with Crippen molar-refractivity contribution in [3.05, 3.63) is 59.4 Å². The molecule has 226 valence electrons. The molecule has 42 heavy (non-hydrogen) atoms. The largest absolute Gasteiger partial charge is 0.444 e. The Balaban J connectivity index is 1.44. The van der Waals surface area contributed by atoms with Crippen molar-refractivity contribution in [3.8, 4) is 0 Å². The Morgan fingerprint density at radius 3 is 2.31 bits per heavy atom. The summed E-state index contributed by atoms with van der Waals surface area (Å²) in [5, 5.41) is 6.43. The van der Waals surface area contributed by atoms with Crippen LogP contribution in [0.1, 0.15) is 88.5 Å². The van der Waals surface area contributed by atoms with E-state index in [9.17, 15) is 14.4 Å². The first-order valence-corrected chi connectivity index (χ1v) is 14.5. The van der Waals surface area contributed by atoms with Gasteiger partial charge in [0.05, 0.1) is 11.6 Å². The number of likely N-dealkylation sites (tertiary alicyclic amines) is 1. The predicted octanol–water partition coefficient (Wildman–Crippen LogP) is 6.30. The van der Waals surface area contributed by atoms with Crippen LogP contribution in [0.15, 0.2) is 42.6 Å². The zero-order valence-corrected chi connectivity index (χ0v) is 25.7. The first-order chi connectivity index (χ1) is 19.7. The average Bonchev–Trinajstić information content (AvgIpc) is 3.47. The average molecular weight is 578 g/mol. The zero-order chi connectivity index (χ0) is 30.7. The number of carbonyl (C=O) groups excluding carboxylic acids is 3. The lowest BCUT2D eigenvalue weighted by Crippen LogP contribution is -2.33. The second kappa shape index (κ2) is 12.5. The van der Waals surface area contributed by atoms with Crippen molar-refractivity contribution in [3.63, 3.8) is 0 Å². The van der Waals surface area contributed by atoms with Crippen molar-refractivity contribution in [1.29, 1.82) is 0 Å². The normalized spacial score (nSPS) is 15.9. The Morgan fingerprint density at radius 2 is 1.69 bits per heavy atom. The van der Waals surface area contributed by atoms with E-state index >= 15 is 0 Å². The van der Waals surface area contributed by atoms with Gasteiger partial charge in [0.2, 0.25) is 0 Å². The SMILES string of the molecule is CN1CCC[C@@H]1c1cc2cnc(NC(=O)c3ccc(CCCNC(=O)OC(C)(C)C)cc3)cc2n1C(=O)OC(C)(C)C. The number of carbonyl (C=O) groups is 3. The van der Waals surface area contributed by atoms with Gasteiger partial charge in [0, 0.05) is 35.5 Å². The molecule has 1 atom stereocenters. The van der Waals surface area contributed by atoms with Gasteiger partial charge in [0.15, 0.2) is 0 Å². The molecule has 10 nitrogen and oxygen atoms in total. The van der Waals surface area contributed by atoms with Crippen LogP contribution < -0.4 is 10.6 Å². The maximum absolute atomic E-state index is 13.4. The highest BCUT2D eigenvalue weighted by atomic mass is 16.6. The predicted molar refractivity (Wildman–Crippen MR) is 163 cm³/mol. The Morgan fingerprint density at radius 1 is 1.00 bits per heavy atom. The summed E-state index contributed by atoms with van der Waals surface area (Å²) in [6.07, 6.45) is 4.29. The standard InChI is InChI=1S/C32H43N5O5/c1-31(2,3)41-29(39)33-16-8-10-21-12-14-22(15-13-21)28(38)35-27-19-25-23(20-34-27)18-26(24-11-9-17-36(24)7)37(25)30(40)42-32(4,5)6/h12-15,18-20,24H,8-11,16-17H2,1-7H3,(H,33,39)(H,34,35,38)/t24-/m1/s1. The fraction of sp³-hybridized carbons (Fsp3) is 0.500. The summed E-state index contributed by atoms with van der Waals surface area (Å²) in [7, 11) is 2.06. The minimum absolute atomic E-state index is 0.0922. The van der Waals surface area contributed by atoms with E-state index in [1.165, 1.54) is 0 Å². The van der Waals surface area contributed by atoms with E-state index in [-0.39, 0.29) is 11.9 Å². The number of aromatic nitrogens is 2. The monoisotopic (exact) mass is 577 g/mol. The molecule has 2 amide bonds. The summed E-state index contributed by atoms with van der Waals surface area (Å²) in [6.45, 7) is 12.5. The molecule has 1 aromatic carbocycles. The molecular weight excluding hydrogens is 534 g/mol. The number of fused-ring (bicyclic) bond motifs is 1. The third-order valence-corrected chi connectivity index (χ3v) is 6.92. The number of hydrogen-bond donors (Lipinski definition) is 2. The third-order valence-electron chi connectivity index (χ3n) is 6.92. The van der Waals surface area contributed by atoms with Gasteiger partial charge in [0.1, 0.15) is 17.0 Å². The number of pyridine rings is 1. The Hall–Kier alpha value is -3.92. The van der Waals surface area contributed by atoms with E-state index in [0.29, 0.717) is 23.4 Å². The zero-order valence-electron chi connectivity index (χ0n) is 25.7. The second-order valence-corrected chi connectivity index (χ2v) is 12.8. The lowest BCUT2D eigenvalue weighted by Gasteiger charge is -2.24. The van der Waals surface area contributed by atoms with Gasteiger partial charge in [-0.15, -0.1) is 0 Å². The number of alkyl carbamates (subject to hydrolysis) is 1. The minimum Gasteiger partial charge on any atom is -0.444 e. The molecule has 0 bridgehead atoms. The molecule has 1 saturated heterocycles. The second-order valence-electron chi connectivity index (χ2n) is 12.8. The molecule has 2 aromatic heterocycles. The van der Waals surface area contributed by atoms with Crippen molar-refractivity contribution in [1.82, 2.24) is 19.8 Å². The fourth-order valence-corrected chi connectivity index (χ4v) is 5.04. The van der Waals surface area contributed by atoms with E-state index in [0.717, 1.165) is 48.9 Å². The molecule has 0 radical (unpaired) electrons. The van der Waals surface area contributed by atoms with Crippen LogP contribution in [0.5, 0.6) is 0 Å². The van der Waals surface area contributed by atoms with Gasteiger partial charge >= 0.3 is 12.2 Å². The number of benzene rings is 1. The van der Waals surface area contributed by atoms with Crippen molar-refractivity contribution in [2.45, 2.75) is 84.5 Å². The fourth-order valence-electron chi connectivity index (χ4n) is 5.04. The molecule has 0 saturated carbocycles. The van der Waals surface area contributed by atoms with Crippen LogP contribution in [0.2, 0.25) is 0 Å². The lowest BCUT2D eigenvalue weighted by molar-refractivity contribution is 0.0518. The van der Waals surface area contributed by atoms with Crippen LogP contribution in [0.4, 0.5) is 15.4 Å². The molecular formula is C32H43N5O5. The summed E-state index contributed by atoms with van der Waals surface area (Å²) >= 11 is 0. The Kier molecular flexibility index (Phi) is 9.25. The number of nitrogens with one attached hydrogen (secondary N) is 2. The van der Waals surface area contributed by atoms with Crippen LogP contribution in [0.25, 0.3) is 10.9 Å². The Labute approximate surface area is 247 Å². The first kappa shape index (κ1) is 31.0. The van der Waals surface area contributed by atoms with E-state index in [1.807, 2.05) is 59.7 Å². The van der Waals surface area contributed by atoms with Crippen molar-refractivity contribution in [2.24, 2.45) is 0 Å². The number of ether oxygens (including phenoxy) is 2. The molecule has 3 aromatic rings. The molecule has 1 fully saturated rings. The number of aryl methyl sites for hydroxylation is 1. The summed E-state index contributed by atoms with van der Waals surface area (Å²) in [5.74, 6) is 0.0464. The molecule has 1 aliphatic heterocycles. The highest BCUT2D eigenvalue weighted by Crippen LogP contribution is 2.35. The lowest BCUT2D eigenvalue weighted by atomic mass is 10.1. The van der Waals surface area contributed by atoms with Crippen molar-refractivity contribution >= 4 is 34.8 Å². The number of rotatable bonds is 7. The highest BCUT2D eigenvalue weighted by Gasteiger charge is 2.30. The van der Waals surface area contributed by atoms with Gasteiger partial charge < -0.3 is 20.1 Å². The summed E-state index contributed by atoms with van der Waals surface area (Å²) < 4.78 is 12.6. The topological polar surface area (TPSA) is 115 Å². The molecule has 0 aliphatic carbocycles. The van der Waals surface area contributed by atoms with Crippen molar-refractivity contribution in [2.75, 3.05) is 25.5 Å². The van der Waals surface area contributed by atoms with Gasteiger partial charge in [0.25, 0.3) is 5.91 Å². The van der Waals surface area contributed by atoms with Crippen LogP contribution in [0, 0.1) is 0 Å². The quantitative estimate of drug-likeness (QED) is 0.317. The first-order valence-electron chi connectivity index (χ1n) is 14.5. The van der Waals surface area contributed by atoms with Gasteiger partial charge in [-0.3, -0.25) is 9.69 Å². The van der Waals surface area contributed by atoms with Crippen LogP contribution in [0.3, 0.4) is 0 Å².